The summed E-state index contributed by atoms with van der Waals surface area (Å²) >= 11 is 0. The van der Waals surface area contributed by atoms with Crippen LogP contribution in [0.5, 0.6) is 0 Å². The number of rotatable bonds is 4. The van der Waals surface area contributed by atoms with Crippen LogP contribution in [0.3, 0.4) is 0 Å². The van der Waals surface area contributed by atoms with Gasteiger partial charge in [0.2, 0.25) is 5.91 Å². The lowest BCUT2D eigenvalue weighted by Gasteiger charge is -2.18. The molecule has 2 aromatic heterocycles. The molecule has 3 heterocycles. The number of benzene rings is 1. The Hall–Kier alpha value is -2.63. The molecule has 1 unspecified atom stereocenters. The molecule has 2 N–H and O–H groups in total. The molecule has 1 aliphatic rings. The quantitative estimate of drug-likeness (QED) is 0.775. The van der Waals surface area contributed by atoms with E-state index in [1.807, 2.05) is 29.3 Å². The molecule has 1 amide bonds. The predicted molar refractivity (Wildman–Crippen MR) is 92.5 cm³/mol. The van der Waals surface area contributed by atoms with Crippen molar-refractivity contribution in [3.8, 4) is 11.4 Å². The number of aromatic amines is 2. The normalized spacial score (nSPS) is 18.2. The summed E-state index contributed by atoms with van der Waals surface area (Å²) in [5.41, 5.74) is 2.05. The SMILES string of the molecule is CC(C)CN1CC(c2nc(-c3c[nH]c4ccccc34)n[nH]2)CC1=O. The molecule has 1 aliphatic heterocycles. The molecule has 1 fully saturated rings. The van der Waals surface area contributed by atoms with Crippen LogP contribution in [0.2, 0.25) is 0 Å². The predicted octanol–water partition coefficient (Wildman–Crippen LogP) is 2.92. The molecule has 1 atom stereocenters. The number of carbonyl (C=O) groups excluding carboxylic acids is 1. The van der Waals surface area contributed by atoms with Gasteiger partial charge in [0.1, 0.15) is 5.82 Å². The van der Waals surface area contributed by atoms with E-state index in [4.69, 9.17) is 0 Å². The maximum atomic E-state index is 12.2. The van der Waals surface area contributed by atoms with Crippen LogP contribution < -0.4 is 0 Å². The van der Waals surface area contributed by atoms with Crippen molar-refractivity contribution in [3.05, 3.63) is 36.3 Å². The van der Waals surface area contributed by atoms with Gasteiger partial charge in [-0.3, -0.25) is 9.89 Å². The smallest absolute Gasteiger partial charge is 0.223 e. The highest BCUT2D eigenvalue weighted by atomic mass is 16.2. The van der Waals surface area contributed by atoms with Gasteiger partial charge in [-0.15, -0.1) is 0 Å². The summed E-state index contributed by atoms with van der Waals surface area (Å²) in [4.78, 5) is 22.0. The van der Waals surface area contributed by atoms with Gasteiger partial charge in [-0.05, 0) is 12.0 Å². The minimum atomic E-state index is 0.0997. The van der Waals surface area contributed by atoms with E-state index in [9.17, 15) is 4.79 Å². The molecule has 4 rings (SSSR count). The number of likely N-dealkylation sites (tertiary alicyclic amines) is 1. The molecule has 0 saturated carbocycles. The zero-order chi connectivity index (χ0) is 16.7. The van der Waals surface area contributed by atoms with Gasteiger partial charge in [0.25, 0.3) is 0 Å². The van der Waals surface area contributed by atoms with Crippen molar-refractivity contribution in [3.63, 3.8) is 0 Å². The number of hydrogen-bond donors (Lipinski definition) is 2. The molecule has 0 bridgehead atoms. The number of fused-ring (bicyclic) bond motifs is 1. The lowest BCUT2D eigenvalue weighted by atomic mass is 10.1. The van der Waals surface area contributed by atoms with Crippen LogP contribution >= 0.6 is 0 Å². The fourth-order valence-corrected chi connectivity index (χ4v) is 3.41. The van der Waals surface area contributed by atoms with Crippen LogP contribution in [0, 0.1) is 5.92 Å². The number of aromatic nitrogens is 4. The Bertz CT molecular complexity index is 878. The van der Waals surface area contributed by atoms with Crippen LogP contribution in [0.25, 0.3) is 22.3 Å². The van der Waals surface area contributed by atoms with Crippen molar-refractivity contribution in [2.24, 2.45) is 5.92 Å². The van der Waals surface area contributed by atoms with Crippen LogP contribution in [0.4, 0.5) is 0 Å². The first-order valence-electron chi connectivity index (χ1n) is 8.38. The Labute approximate surface area is 140 Å². The molecule has 0 spiro atoms. The van der Waals surface area contributed by atoms with E-state index in [1.54, 1.807) is 0 Å². The highest BCUT2D eigenvalue weighted by Gasteiger charge is 2.33. The second-order valence-corrected chi connectivity index (χ2v) is 6.89. The molecular weight excluding hydrogens is 302 g/mol. The summed E-state index contributed by atoms with van der Waals surface area (Å²) in [7, 11) is 0. The number of nitrogens with zero attached hydrogens (tertiary/aromatic N) is 3. The van der Waals surface area contributed by atoms with Crippen molar-refractivity contribution >= 4 is 16.8 Å². The summed E-state index contributed by atoms with van der Waals surface area (Å²) in [6.07, 6.45) is 2.44. The summed E-state index contributed by atoms with van der Waals surface area (Å²) in [5, 5.41) is 8.52. The van der Waals surface area contributed by atoms with E-state index in [-0.39, 0.29) is 11.8 Å². The second-order valence-electron chi connectivity index (χ2n) is 6.89. The van der Waals surface area contributed by atoms with E-state index < -0.39 is 0 Å². The Morgan fingerprint density at radius 2 is 2.17 bits per heavy atom. The summed E-state index contributed by atoms with van der Waals surface area (Å²) < 4.78 is 0. The first kappa shape index (κ1) is 14.9. The van der Waals surface area contributed by atoms with E-state index >= 15 is 0 Å². The third-order valence-corrected chi connectivity index (χ3v) is 4.52. The van der Waals surface area contributed by atoms with Crippen LogP contribution in [0.15, 0.2) is 30.5 Å². The topological polar surface area (TPSA) is 77.7 Å². The highest BCUT2D eigenvalue weighted by Crippen LogP contribution is 2.30. The monoisotopic (exact) mass is 323 g/mol. The Morgan fingerprint density at radius 3 is 3.00 bits per heavy atom. The third kappa shape index (κ3) is 2.58. The Balaban J connectivity index is 1.58. The van der Waals surface area contributed by atoms with Crippen LogP contribution in [-0.2, 0) is 4.79 Å². The van der Waals surface area contributed by atoms with Gasteiger partial charge in [0, 0.05) is 48.1 Å². The maximum Gasteiger partial charge on any atom is 0.223 e. The summed E-state index contributed by atoms with van der Waals surface area (Å²) in [6.45, 7) is 5.78. The van der Waals surface area contributed by atoms with Gasteiger partial charge < -0.3 is 9.88 Å². The van der Waals surface area contributed by atoms with Gasteiger partial charge in [0.15, 0.2) is 5.82 Å². The molecule has 24 heavy (non-hydrogen) atoms. The molecule has 124 valence electrons. The van der Waals surface area contributed by atoms with E-state index in [0.29, 0.717) is 18.2 Å². The zero-order valence-electron chi connectivity index (χ0n) is 13.9. The maximum absolute atomic E-state index is 12.2. The van der Waals surface area contributed by atoms with Crippen LogP contribution in [-0.4, -0.2) is 44.1 Å². The molecule has 0 aliphatic carbocycles. The standard InChI is InChI=1S/C18H21N5O/c1-11(2)9-23-10-12(7-16(23)24)17-20-18(22-21-17)14-8-19-15-6-4-3-5-13(14)15/h3-6,8,11-12,19H,7,9-10H2,1-2H3,(H,20,21,22). The summed E-state index contributed by atoms with van der Waals surface area (Å²) in [5.74, 6) is 2.26. The molecule has 3 aromatic rings. The van der Waals surface area contributed by atoms with Crippen LogP contribution in [0.1, 0.15) is 32.0 Å². The minimum absolute atomic E-state index is 0.0997. The number of H-pyrrole nitrogens is 2. The van der Waals surface area contributed by atoms with E-state index in [0.717, 1.165) is 35.4 Å². The van der Waals surface area contributed by atoms with Crippen molar-refractivity contribution in [1.82, 2.24) is 25.1 Å². The summed E-state index contributed by atoms with van der Waals surface area (Å²) in [6, 6.07) is 8.10. The zero-order valence-corrected chi connectivity index (χ0v) is 13.9. The third-order valence-electron chi connectivity index (χ3n) is 4.52. The van der Waals surface area contributed by atoms with Crippen molar-refractivity contribution in [1.29, 1.82) is 0 Å². The second kappa shape index (κ2) is 5.78. The first-order valence-corrected chi connectivity index (χ1v) is 8.38. The van der Waals surface area contributed by atoms with Crippen molar-refractivity contribution in [2.45, 2.75) is 26.2 Å². The van der Waals surface area contributed by atoms with E-state index in [2.05, 4.69) is 40.1 Å². The van der Waals surface area contributed by atoms with Gasteiger partial charge in [-0.1, -0.05) is 32.0 Å². The molecular formula is C18H21N5O. The fourth-order valence-electron chi connectivity index (χ4n) is 3.41. The molecule has 1 saturated heterocycles. The Kier molecular flexibility index (Phi) is 3.59. The van der Waals surface area contributed by atoms with Gasteiger partial charge in [-0.2, -0.15) is 5.10 Å². The lowest BCUT2D eigenvalue weighted by molar-refractivity contribution is -0.128. The molecule has 1 aromatic carbocycles. The minimum Gasteiger partial charge on any atom is -0.360 e. The number of para-hydroxylation sites is 1. The van der Waals surface area contributed by atoms with Gasteiger partial charge in [-0.25, -0.2) is 4.98 Å². The average molecular weight is 323 g/mol. The highest BCUT2D eigenvalue weighted by molar-refractivity contribution is 5.93. The Morgan fingerprint density at radius 1 is 1.33 bits per heavy atom. The van der Waals surface area contributed by atoms with Crippen molar-refractivity contribution in [2.75, 3.05) is 13.1 Å². The molecule has 0 radical (unpaired) electrons. The number of carbonyl (C=O) groups is 1. The number of amides is 1. The van der Waals surface area contributed by atoms with Crippen molar-refractivity contribution < 1.29 is 4.79 Å². The van der Waals surface area contributed by atoms with E-state index in [1.165, 1.54) is 0 Å². The molecule has 6 heteroatoms. The number of nitrogens with one attached hydrogen (secondary N) is 2. The average Bonchev–Trinajstić information content (AvgIpc) is 3.25. The largest absolute Gasteiger partial charge is 0.360 e. The lowest BCUT2D eigenvalue weighted by Crippen LogP contribution is -2.29. The number of hydrogen-bond acceptors (Lipinski definition) is 3. The molecule has 6 nitrogen and oxygen atoms in total. The fraction of sp³-hybridized carbons (Fsp3) is 0.389. The first-order chi connectivity index (χ1) is 11.6. The van der Waals surface area contributed by atoms with Gasteiger partial charge >= 0.3 is 0 Å². The van der Waals surface area contributed by atoms with Gasteiger partial charge in [0.05, 0.1) is 0 Å².